The van der Waals surface area contributed by atoms with E-state index in [-0.39, 0.29) is 10.0 Å². The first kappa shape index (κ1) is 20.4. The third kappa shape index (κ3) is 4.42. The standard InChI is InChI=1S/C16H9Cl2F6NO/c17-8-4-5-10(11(18)6-8)15(20,21)7-25-14(26)9-2-1-3-12(19)13(9)16(22,23)24/h1-6H,7H2,(H,25,26). The highest BCUT2D eigenvalue weighted by molar-refractivity contribution is 6.35. The SMILES string of the molecule is O=C(NCC(F)(F)c1ccc(Cl)cc1Cl)c1cccc(F)c1C(F)(F)F. The van der Waals surface area contributed by atoms with E-state index >= 15 is 0 Å². The van der Waals surface area contributed by atoms with Crippen LogP contribution in [0.15, 0.2) is 36.4 Å². The molecule has 0 aromatic heterocycles. The predicted molar refractivity (Wildman–Crippen MR) is 84.1 cm³/mol. The van der Waals surface area contributed by atoms with E-state index in [4.69, 9.17) is 23.2 Å². The van der Waals surface area contributed by atoms with Gasteiger partial charge in [-0.2, -0.15) is 22.0 Å². The summed E-state index contributed by atoms with van der Waals surface area (Å²) in [6.07, 6.45) is -5.17. The first-order valence-electron chi connectivity index (χ1n) is 6.91. The molecule has 0 saturated carbocycles. The molecule has 0 aliphatic carbocycles. The Kier molecular flexibility index (Phi) is 5.77. The number of hydrogen-bond donors (Lipinski definition) is 1. The van der Waals surface area contributed by atoms with E-state index in [0.717, 1.165) is 24.3 Å². The Morgan fingerprint density at radius 2 is 1.69 bits per heavy atom. The van der Waals surface area contributed by atoms with Crippen molar-refractivity contribution in [2.45, 2.75) is 12.1 Å². The number of benzene rings is 2. The zero-order chi connectivity index (χ0) is 19.7. The Bertz CT molecular complexity index is 838. The number of carbonyl (C=O) groups excluding carboxylic acids is 1. The monoisotopic (exact) mass is 415 g/mol. The summed E-state index contributed by atoms with van der Waals surface area (Å²) in [4.78, 5) is 11.9. The normalized spacial score (nSPS) is 12.2. The van der Waals surface area contributed by atoms with E-state index < -0.39 is 47.1 Å². The number of rotatable bonds is 4. The van der Waals surface area contributed by atoms with Gasteiger partial charge in [0, 0.05) is 10.6 Å². The van der Waals surface area contributed by atoms with Crippen molar-refractivity contribution in [2.75, 3.05) is 6.54 Å². The molecule has 0 fully saturated rings. The second kappa shape index (κ2) is 7.36. The lowest BCUT2D eigenvalue weighted by molar-refractivity contribution is -0.140. The molecule has 0 heterocycles. The number of carbonyl (C=O) groups is 1. The summed E-state index contributed by atoms with van der Waals surface area (Å²) < 4.78 is 80.6. The van der Waals surface area contributed by atoms with Crippen molar-refractivity contribution in [1.29, 1.82) is 0 Å². The highest BCUT2D eigenvalue weighted by Gasteiger charge is 2.39. The van der Waals surface area contributed by atoms with Crippen LogP contribution in [0.5, 0.6) is 0 Å². The lowest BCUT2D eigenvalue weighted by atomic mass is 10.0. The van der Waals surface area contributed by atoms with E-state index in [1.54, 1.807) is 5.32 Å². The first-order chi connectivity index (χ1) is 11.9. The van der Waals surface area contributed by atoms with Gasteiger partial charge in [-0.25, -0.2) is 4.39 Å². The van der Waals surface area contributed by atoms with E-state index in [9.17, 15) is 31.1 Å². The predicted octanol–water partition coefficient (Wildman–Crippen LogP) is 5.67. The van der Waals surface area contributed by atoms with Crippen molar-refractivity contribution in [3.63, 3.8) is 0 Å². The highest BCUT2D eigenvalue weighted by atomic mass is 35.5. The van der Waals surface area contributed by atoms with Gasteiger partial charge >= 0.3 is 6.18 Å². The number of amides is 1. The average molecular weight is 416 g/mol. The average Bonchev–Trinajstić information content (AvgIpc) is 2.50. The minimum Gasteiger partial charge on any atom is -0.346 e. The molecular formula is C16H9Cl2F6NO. The fourth-order valence-electron chi connectivity index (χ4n) is 2.17. The van der Waals surface area contributed by atoms with E-state index in [0.29, 0.717) is 12.1 Å². The number of alkyl halides is 5. The van der Waals surface area contributed by atoms with Crippen LogP contribution in [-0.4, -0.2) is 12.5 Å². The Hall–Kier alpha value is -1.93. The largest absolute Gasteiger partial charge is 0.420 e. The minimum atomic E-state index is -5.17. The first-order valence-corrected chi connectivity index (χ1v) is 7.66. The Morgan fingerprint density at radius 3 is 2.27 bits per heavy atom. The molecule has 2 aromatic carbocycles. The lowest BCUT2D eigenvalue weighted by Gasteiger charge is -2.20. The number of halogens is 8. The van der Waals surface area contributed by atoms with Crippen molar-refractivity contribution < 1.29 is 31.1 Å². The highest BCUT2D eigenvalue weighted by Crippen LogP contribution is 2.36. The Morgan fingerprint density at radius 1 is 1.04 bits per heavy atom. The lowest BCUT2D eigenvalue weighted by Crippen LogP contribution is -2.36. The molecule has 2 rings (SSSR count). The van der Waals surface area contributed by atoms with Gasteiger partial charge in [-0.15, -0.1) is 0 Å². The smallest absolute Gasteiger partial charge is 0.346 e. The molecule has 1 amide bonds. The van der Waals surface area contributed by atoms with Crippen LogP contribution in [0.25, 0.3) is 0 Å². The van der Waals surface area contributed by atoms with Gasteiger partial charge in [0.25, 0.3) is 11.8 Å². The summed E-state index contributed by atoms with van der Waals surface area (Å²) in [5, 5.41) is 1.40. The van der Waals surface area contributed by atoms with E-state index in [1.807, 2.05) is 0 Å². The van der Waals surface area contributed by atoms with Crippen LogP contribution in [-0.2, 0) is 12.1 Å². The van der Waals surface area contributed by atoms with Crippen LogP contribution in [0.3, 0.4) is 0 Å². The Labute approximate surface area is 153 Å². The number of nitrogens with one attached hydrogen (secondary N) is 1. The maximum absolute atomic E-state index is 14.2. The van der Waals surface area contributed by atoms with Gasteiger partial charge in [0.05, 0.1) is 17.1 Å². The van der Waals surface area contributed by atoms with Gasteiger partial charge in [0.1, 0.15) is 11.4 Å². The quantitative estimate of drug-likeness (QED) is 0.640. The molecule has 0 aliphatic heterocycles. The van der Waals surface area contributed by atoms with Crippen LogP contribution < -0.4 is 5.32 Å². The molecule has 10 heteroatoms. The van der Waals surface area contributed by atoms with Crippen LogP contribution in [0.4, 0.5) is 26.3 Å². The van der Waals surface area contributed by atoms with Crippen LogP contribution in [0.1, 0.15) is 21.5 Å². The second-order valence-corrected chi connectivity index (χ2v) is 6.02. The third-order valence-electron chi connectivity index (χ3n) is 3.34. The Balaban J connectivity index is 2.25. The van der Waals surface area contributed by atoms with Crippen LogP contribution in [0.2, 0.25) is 10.0 Å². The molecule has 1 N–H and O–H groups in total. The van der Waals surface area contributed by atoms with Crippen LogP contribution in [0, 0.1) is 5.82 Å². The molecule has 0 radical (unpaired) electrons. The summed E-state index contributed by atoms with van der Waals surface area (Å²) in [5.41, 5.74) is -3.60. The molecule has 140 valence electrons. The van der Waals surface area contributed by atoms with E-state index in [2.05, 4.69) is 0 Å². The molecule has 0 atom stereocenters. The van der Waals surface area contributed by atoms with E-state index in [1.165, 1.54) is 0 Å². The molecule has 0 bridgehead atoms. The summed E-state index contributed by atoms with van der Waals surface area (Å²) >= 11 is 11.3. The molecule has 0 aliphatic rings. The van der Waals surface area contributed by atoms with Crippen molar-refractivity contribution in [3.8, 4) is 0 Å². The fraction of sp³-hybridized carbons (Fsp3) is 0.188. The zero-order valence-corrected chi connectivity index (χ0v) is 14.1. The summed E-state index contributed by atoms with van der Waals surface area (Å²) in [5.74, 6) is -6.87. The fourth-order valence-corrected chi connectivity index (χ4v) is 2.72. The summed E-state index contributed by atoms with van der Waals surface area (Å²) in [6, 6.07) is 5.21. The maximum atomic E-state index is 14.2. The van der Waals surface area contributed by atoms with Crippen molar-refractivity contribution in [3.05, 3.63) is 69.0 Å². The molecule has 0 saturated heterocycles. The number of hydrogen-bond acceptors (Lipinski definition) is 1. The molecule has 2 aromatic rings. The molecule has 0 unspecified atom stereocenters. The minimum absolute atomic E-state index is 0.105. The second-order valence-electron chi connectivity index (χ2n) is 5.17. The summed E-state index contributed by atoms with van der Waals surface area (Å²) in [7, 11) is 0. The maximum Gasteiger partial charge on any atom is 0.420 e. The third-order valence-corrected chi connectivity index (χ3v) is 3.89. The summed E-state index contributed by atoms with van der Waals surface area (Å²) in [6.45, 7) is -1.35. The van der Waals surface area contributed by atoms with Gasteiger partial charge in [-0.1, -0.05) is 29.3 Å². The van der Waals surface area contributed by atoms with Crippen molar-refractivity contribution in [1.82, 2.24) is 5.32 Å². The van der Waals surface area contributed by atoms with Gasteiger partial charge in [0.15, 0.2) is 0 Å². The van der Waals surface area contributed by atoms with Gasteiger partial charge in [-0.3, -0.25) is 4.79 Å². The molecule has 0 spiro atoms. The van der Waals surface area contributed by atoms with Gasteiger partial charge in [-0.05, 0) is 30.3 Å². The van der Waals surface area contributed by atoms with Crippen molar-refractivity contribution in [2.24, 2.45) is 0 Å². The molecular weight excluding hydrogens is 407 g/mol. The zero-order valence-electron chi connectivity index (χ0n) is 12.6. The van der Waals surface area contributed by atoms with Crippen LogP contribution >= 0.6 is 23.2 Å². The van der Waals surface area contributed by atoms with Gasteiger partial charge in [0.2, 0.25) is 0 Å². The molecule has 26 heavy (non-hydrogen) atoms. The molecule has 2 nitrogen and oxygen atoms in total. The topological polar surface area (TPSA) is 29.1 Å². The van der Waals surface area contributed by atoms with Gasteiger partial charge < -0.3 is 5.32 Å². The van der Waals surface area contributed by atoms with Crippen molar-refractivity contribution >= 4 is 29.1 Å².